The summed E-state index contributed by atoms with van der Waals surface area (Å²) in [5.41, 5.74) is 0.814. The van der Waals surface area contributed by atoms with E-state index in [4.69, 9.17) is 9.05 Å². The second-order valence-corrected chi connectivity index (χ2v) is 6.54. The Balaban J connectivity index is 2.56. The van der Waals surface area contributed by atoms with Gasteiger partial charge in [-0.2, -0.15) is 5.26 Å². The Kier molecular flexibility index (Phi) is 5.51. The van der Waals surface area contributed by atoms with Crippen LogP contribution in [0.3, 0.4) is 0 Å². The van der Waals surface area contributed by atoms with Crippen LogP contribution in [-0.4, -0.2) is 13.2 Å². The summed E-state index contributed by atoms with van der Waals surface area (Å²) in [5, 5.41) is 11.5. The highest BCUT2D eigenvalue weighted by molar-refractivity contribution is 7.59. The summed E-state index contributed by atoms with van der Waals surface area (Å²) in [6, 6.07) is 15.6. The number of fused-ring (bicyclic) bond motifs is 1. The van der Waals surface area contributed by atoms with Gasteiger partial charge < -0.3 is 9.05 Å². The molecular formula is C17H18NO3P. The smallest absolute Gasteiger partial charge is 0.305 e. The van der Waals surface area contributed by atoms with Crippen LogP contribution in [0.25, 0.3) is 16.8 Å². The molecule has 0 atom stereocenters. The molecule has 0 amide bonds. The average molecular weight is 315 g/mol. The van der Waals surface area contributed by atoms with Gasteiger partial charge in [-0.25, -0.2) is 0 Å². The Labute approximate surface area is 130 Å². The van der Waals surface area contributed by atoms with E-state index in [1.807, 2.05) is 48.5 Å². The van der Waals surface area contributed by atoms with Crippen molar-refractivity contribution in [3.05, 3.63) is 53.3 Å². The lowest BCUT2D eigenvalue weighted by molar-refractivity contribution is 0.227. The van der Waals surface area contributed by atoms with Crippen molar-refractivity contribution in [2.45, 2.75) is 13.8 Å². The topological polar surface area (TPSA) is 59.3 Å². The van der Waals surface area contributed by atoms with Crippen LogP contribution >= 0.6 is 7.60 Å². The first-order valence-electron chi connectivity index (χ1n) is 7.14. The Hall–Kier alpha value is -1.92. The van der Waals surface area contributed by atoms with Gasteiger partial charge in [0.25, 0.3) is 0 Å². The van der Waals surface area contributed by atoms with Gasteiger partial charge in [0.15, 0.2) is 0 Å². The molecule has 2 rings (SSSR count). The van der Waals surface area contributed by atoms with Gasteiger partial charge in [0.05, 0.1) is 13.2 Å². The predicted molar refractivity (Wildman–Crippen MR) is 88.4 cm³/mol. The predicted octanol–water partition coefficient (Wildman–Crippen LogP) is 4.97. The number of nitrogens with zero attached hydrogens (tertiary/aromatic N) is 1. The summed E-state index contributed by atoms with van der Waals surface area (Å²) >= 11 is 0. The van der Waals surface area contributed by atoms with E-state index in [-0.39, 0.29) is 18.5 Å². The summed E-state index contributed by atoms with van der Waals surface area (Å²) < 4.78 is 23.2. The third kappa shape index (κ3) is 3.45. The zero-order valence-electron chi connectivity index (χ0n) is 12.7. The molecule has 0 aliphatic carbocycles. The minimum Gasteiger partial charge on any atom is -0.305 e. The van der Waals surface area contributed by atoms with E-state index in [2.05, 4.69) is 0 Å². The molecule has 0 bridgehead atoms. The minimum absolute atomic E-state index is 0.0209. The molecule has 0 spiro atoms. The normalized spacial score (nSPS) is 12.3. The molecule has 0 unspecified atom stereocenters. The molecule has 2 aromatic carbocycles. The van der Waals surface area contributed by atoms with Gasteiger partial charge in [-0.05, 0) is 36.3 Å². The third-order valence-electron chi connectivity index (χ3n) is 3.12. The molecule has 0 saturated carbocycles. The van der Waals surface area contributed by atoms with Crippen LogP contribution < -0.4 is 0 Å². The Morgan fingerprint density at radius 1 is 1.14 bits per heavy atom. The van der Waals surface area contributed by atoms with Gasteiger partial charge in [0, 0.05) is 0 Å². The SMILES string of the molecule is CCOP(=O)(OCC)/C(C#N)=C/c1cccc2ccccc12. The molecule has 0 radical (unpaired) electrons. The van der Waals surface area contributed by atoms with E-state index in [0.717, 1.165) is 16.3 Å². The highest BCUT2D eigenvalue weighted by Crippen LogP contribution is 2.56. The molecule has 0 aliphatic heterocycles. The molecule has 0 heterocycles. The van der Waals surface area contributed by atoms with Crippen molar-refractivity contribution < 1.29 is 13.6 Å². The standard InChI is InChI=1S/C17H18NO3P/c1-3-20-22(19,21-4-2)16(13-18)12-15-10-7-9-14-8-5-6-11-17(14)15/h5-12H,3-4H2,1-2H3/b16-12+. The fraction of sp³-hybridized carbons (Fsp3) is 0.235. The lowest BCUT2D eigenvalue weighted by atomic mass is 10.0. The molecular weight excluding hydrogens is 297 g/mol. The van der Waals surface area contributed by atoms with Crippen molar-refractivity contribution in [2.24, 2.45) is 0 Å². The first kappa shape index (κ1) is 16.5. The van der Waals surface area contributed by atoms with Crippen molar-refractivity contribution in [1.29, 1.82) is 5.26 Å². The van der Waals surface area contributed by atoms with Crippen molar-refractivity contribution in [3.63, 3.8) is 0 Å². The zero-order chi connectivity index (χ0) is 16.0. The second kappa shape index (κ2) is 7.38. The molecule has 22 heavy (non-hydrogen) atoms. The maximum atomic E-state index is 12.7. The molecule has 2 aromatic rings. The van der Waals surface area contributed by atoms with Gasteiger partial charge in [-0.1, -0.05) is 42.5 Å². The number of rotatable bonds is 6. The number of hydrogen-bond donors (Lipinski definition) is 0. The molecule has 0 saturated heterocycles. The van der Waals surface area contributed by atoms with E-state index >= 15 is 0 Å². The van der Waals surface area contributed by atoms with Gasteiger partial charge in [0.1, 0.15) is 11.4 Å². The molecule has 0 aliphatic rings. The highest BCUT2D eigenvalue weighted by Gasteiger charge is 2.29. The molecule has 0 N–H and O–H groups in total. The van der Waals surface area contributed by atoms with E-state index in [9.17, 15) is 9.83 Å². The molecule has 0 fully saturated rings. The number of benzene rings is 2. The largest absolute Gasteiger partial charge is 0.371 e. The van der Waals surface area contributed by atoms with Crippen molar-refractivity contribution in [1.82, 2.24) is 0 Å². The molecule has 4 nitrogen and oxygen atoms in total. The lowest BCUT2D eigenvalue weighted by Gasteiger charge is -2.16. The summed E-state index contributed by atoms with van der Waals surface area (Å²) in [6.45, 7) is 3.87. The maximum Gasteiger partial charge on any atom is 0.371 e. The first-order chi connectivity index (χ1) is 10.6. The Morgan fingerprint density at radius 2 is 1.77 bits per heavy atom. The summed E-state index contributed by atoms with van der Waals surface area (Å²) in [4.78, 5) is 0. The van der Waals surface area contributed by atoms with Crippen LogP contribution in [0.4, 0.5) is 0 Å². The van der Waals surface area contributed by atoms with Crippen LogP contribution in [0.15, 0.2) is 47.8 Å². The Bertz CT molecular complexity index is 762. The molecule has 114 valence electrons. The van der Waals surface area contributed by atoms with Crippen LogP contribution in [-0.2, 0) is 13.6 Å². The molecule has 0 aromatic heterocycles. The maximum absolute atomic E-state index is 12.7. The van der Waals surface area contributed by atoms with Crippen molar-refractivity contribution in [2.75, 3.05) is 13.2 Å². The molecule has 5 heteroatoms. The van der Waals surface area contributed by atoms with Crippen LogP contribution in [0.5, 0.6) is 0 Å². The van der Waals surface area contributed by atoms with Crippen LogP contribution in [0.2, 0.25) is 0 Å². The Morgan fingerprint density at radius 3 is 2.41 bits per heavy atom. The van der Waals surface area contributed by atoms with Crippen LogP contribution in [0, 0.1) is 11.3 Å². The summed E-state index contributed by atoms with van der Waals surface area (Å²) in [5.74, 6) is 0. The summed E-state index contributed by atoms with van der Waals surface area (Å²) in [7, 11) is -3.57. The van der Waals surface area contributed by atoms with Gasteiger partial charge >= 0.3 is 7.60 Å². The summed E-state index contributed by atoms with van der Waals surface area (Å²) in [6.07, 6.45) is 1.59. The van der Waals surface area contributed by atoms with Crippen molar-refractivity contribution >= 4 is 24.4 Å². The van der Waals surface area contributed by atoms with E-state index < -0.39 is 7.60 Å². The number of allylic oxidation sites excluding steroid dienone is 1. The van der Waals surface area contributed by atoms with Crippen LogP contribution in [0.1, 0.15) is 19.4 Å². The lowest BCUT2D eigenvalue weighted by Crippen LogP contribution is -1.98. The number of hydrogen-bond acceptors (Lipinski definition) is 4. The first-order valence-corrected chi connectivity index (χ1v) is 8.68. The monoisotopic (exact) mass is 315 g/mol. The minimum atomic E-state index is -3.57. The van der Waals surface area contributed by atoms with Gasteiger partial charge in [0.2, 0.25) is 0 Å². The average Bonchev–Trinajstić information content (AvgIpc) is 2.53. The quantitative estimate of drug-likeness (QED) is 0.558. The number of nitriles is 1. The van der Waals surface area contributed by atoms with Crippen molar-refractivity contribution in [3.8, 4) is 6.07 Å². The zero-order valence-corrected chi connectivity index (χ0v) is 13.5. The fourth-order valence-corrected chi connectivity index (χ4v) is 3.66. The van der Waals surface area contributed by atoms with E-state index in [1.54, 1.807) is 19.9 Å². The third-order valence-corrected chi connectivity index (χ3v) is 5.14. The fourth-order valence-electron chi connectivity index (χ4n) is 2.21. The van der Waals surface area contributed by atoms with E-state index in [1.165, 1.54) is 0 Å². The van der Waals surface area contributed by atoms with Gasteiger partial charge in [-0.3, -0.25) is 4.57 Å². The highest BCUT2D eigenvalue weighted by atomic mass is 31.2. The van der Waals surface area contributed by atoms with E-state index in [0.29, 0.717) is 0 Å². The van der Waals surface area contributed by atoms with Gasteiger partial charge in [-0.15, -0.1) is 0 Å². The second-order valence-electron chi connectivity index (χ2n) is 4.54.